The molecule has 1 unspecified atom stereocenters. The maximum atomic E-state index is 12.6. The van der Waals surface area contributed by atoms with Crippen LogP contribution in [0.2, 0.25) is 0 Å². The molecule has 2 heterocycles. The summed E-state index contributed by atoms with van der Waals surface area (Å²) in [5.74, 6) is -2.03. The van der Waals surface area contributed by atoms with E-state index in [4.69, 9.17) is 23.7 Å². The van der Waals surface area contributed by atoms with Gasteiger partial charge in [0.15, 0.2) is 18.5 Å². The lowest BCUT2D eigenvalue weighted by atomic mass is 10.1. The maximum absolute atomic E-state index is 12.6. The summed E-state index contributed by atoms with van der Waals surface area (Å²) < 4.78 is 28.6. The molecule has 1 aromatic heterocycles. The number of carbonyl (C=O) groups is 4. The number of benzene rings is 1. The monoisotopic (exact) mass is 458 g/mol. The smallest absolute Gasteiger partial charge is 0.349 e. The van der Waals surface area contributed by atoms with Crippen LogP contribution in [0.4, 0.5) is 0 Å². The van der Waals surface area contributed by atoms with Gasteiger partial charge in [-0.05, 0) is 18.2 Å². The van der Waals surface area contributed by atoms with Crippen LogP contribution in [0.5, 0.6) is 5.75 Å². The van der Waals surface area contributed by atoms with Crippen LogP contribution >= 0.6 is 0 Å². The Morgan fingerprint density at radius 1 is 0.879 bits per heavy atom. The molecule has 1 aliphatic heterocycles. The number of pyridine rings is 1. The molecule has 1 saturated heterocycles. The molecule has 2 aromatic rings. The average Bonchev–Trinajstić information content (AvgIpc) is 3.09. The lowest BCUT2D eigenvalue weighted by Gasteiger charge is -2.21. The van der Waals surface area contributed by atoms with Crippen molar-refractivity contribution in [3.8, 4) is 5.75 Å². The zero-order valence-electron chi connectivity index (χ0n) is 18.3. The highest BCUT2D eigenvalue weighted by Gasteiger charge is 2.54. The van der Waals surface area contributed by atoms with Crippen LogP contribution in [0, 0.1) is 0 Å². The van der Waals surface area contributed by atoms with Crippen molar-refractivity contribution in [2.75, 3.05) is 6.61 Å². The lowest BCUT2D eigenvalue weighted by Crippen LogP contribution is -2.48. The second-order valence-corrected chi connectivity index (χ2v) is 7.26. The molecule has 0 radical (unpaired) electrons. The Labute approximate surface area is 190 Å². The van der Waals surface area contributed by atoms with Gasteiger partial charge in [0.2, 0.25) is 6.10 Å². The third kappa shape index (κ3) is 6.36. The number of rotatable bonds is 7. The van der Waals surface area contributed by atoms with Gasteiger partial charge in [-0.1, -0.05) is 18.2 Å². The number of para-hydroxylation sites is 1. The van der Waals surface area contributed by atoms with Gasteiger partial charge in [-0.25, -0.2) is 4.79 Å². The van der Waals surface area contributed by atoms with Crippen molar-refractivity contribution in [1.29, 1.82) is 0 Å². The molecule has 4 atom stereocenters. The first-order chi connectivity index (χ1) is 15.7. The summed E-state index contributed by atoms with van der Waals surface area (Å²) in [4.78, 5) is 47.3. The summed E-state index contributed by atoms with van der Waals surface area (Å²) in [6.45, 7) is 3.42. The Balaban J connectivity index is 1.88. The Morgan fingerprint density at radius 3 is 2.18 bits per heavy atom. The molecule has 10 nitrogen and oxygen atoms in total. The molecule has 0 spiro atoms. The van der Waals surface area contributed by atoms with Gasteiger partial charge in [-0.2, -0.15) is 4.57 Å². The molecule has 0 aliphatic carbocycles. The SMILES string of the molecule is CC(=O)OC[C@H]1O[C@@H]([n+]2cccc(C(=O)Oc3ccccc3)c2)C(OC(C)=O)[C@H]1OC(C)=O. The number of esters is 4. The molecule has 1 aromatic carbocycles. The summed E-state index contributed by atoms with van der Waals surface area (Å²) >= 11 is 0. The number of ether oxygens (including phenoxy) is 5. The predicted molar refractivity (Wildman–Crippen MR) is 110 cm³/mol. The molecule has 1 fully saturated rings. The molecular weight excluding hydrogens is 434 g/mol. The van der Waals surface area contributed by atoms with Crippen LogP contribution < -0.4 is 9.30 Å². The predicted octanol–water partition coefficient (Wildman–Crippen LogP) is 1.52. The Morgan fingerprint density at radius 2 is 1.55 bits per heavy atom. The first-order valence-electron chi connectivity index (χ1n) is 10.2. The van der Waals surface area contributed by atoms with Crippen molar-refractivity contribution >= 4 is 23.9 Å². The molecule has 0 N–H and O–H groups in total. The minimum atomic E-state index is -1.06. The summed E-state index contributed by atoms with van der Waals surface area (Å²) in [6.07, 6.45) is -0.909. The fraction of sp³-hybridized carbons (Fsp3) is 0.348. The zero-order chi connectivity index (χ0) is 24.0. The van der Waals surface area contributed by atoms with Gasteiger partial charge in [-0.15, -0.1) is 0 Å². The summed E-state index contributed by atoms with van der Waals surface area (Å²) in [5, 5.41) is 0. The molecule has 3 rings (SSSR count). The minimum absolute atomic E-state index is 0.207. The molecule has 10 heteroatoms. The average molecular weight is 458 g/mol. The van der Waals surface area contributed by atoms with Crippen LogP contribution in [0.1, 0.15) is 37.4 Å². The third-order valence-electron chi connectivity index (χ3n) is 4.65. The quantitative estimate of drug-likeness (QED) is 0.263. The van der Waals surface area contributed by atoms with E-state index in [-0.39, 0.29) is 12.2 Å². The third-order valence-corrected chi connectivity index (χ3v) is 4.65. The second kappa shape index (κ2) is 10.7. The van der Waals surface area contributed by atoms with E-state index in [9.17, 15) is 19.2 Å². The van der Waals surface area contributed by atoms with E-state index in [1.54, 1.807) is 48.7 Å². The minimum Gasteiger partial charge on any atom is -0.463 e. The zero-order valence-corrected chi connectivity index (χ0v) is 18.3. The second-order valence-electron chi connectivity index (χ2n) is 7.26. The van der Waals surface area contributed by atoms with E-state index in [0.29, 0.717) is 5.75 Å². The van der Waals surface area contributed by atoms with Crippen molar-refractivity contribution in [2.24, 2.45) is 0 Å². The van der Waals surface area contributed by atoms with Crippen molar-refractivity contribution in [1.82, 2.24) is 0 Å². The van der Waals surface area contributed by atoms with Crippen LogP contribution in [0.15, 0.2) is 54.9 Å². The number of hydrogen-bond donors (Lipinski definition) is 0. The summed E-state index contributed by atoms with van der Waals surface area (Å²) in [5.41, 5.74) is 0.207. The fourth-order valence-electron chi connectivity index (χ4n) is 3.36. The van der Waals surface area contributed by atoms with Crippen LogP contribution in [0.25, 0.3) is 0 Å². The van der Waals surface area contributed by atoms with Gasteiger partial charge in [-0.3, -0.25) is 14.4 Å². The van der Waals surface area contributed by atoms with Crippen LogP contribution in [0.3, 0.4) is 0 Å². The molecule has 1 aliphatic rings. The van der Waals surface area contributed by atoms with Gasteiger partial charge >= 0.3 is 30.1 Å². The highest BCUT2D eigenvalue weighted by molar-refractivity contribution is 5.90. The Hall–Kier alpha value is -3.79. The molecule has 174 valence electrons. The van der Waals surface area contributed by atoms with Crippen molar-refractivity contribution in [3.63, 3.8) is 0 Å². The van der Waals surface area contributed by atoms with E-state index in [1.165, 1.54) is 31.5 Å². The van der Waals surface area contributed by atoms with Crippen molar-refractivity contribution < 1.29 is 47.4 Å². The molecule has 33 heavy (non-hydrogen) atoms. The molecule has 0 bridgehead atoms. The largest absolute Gasteiger partial charge is 0.463 e. The number of hydrogen-bond acceptors (Lipinski definition) is 9. The maximum Gasteiger partial charge on any atom is 0.349 e. The standard InChI is InChI=1S/C23H24NO9/c1-14(25)29-13-19-20(30-15(2)26)21(31-16(3)27)22(33-19)24-11-7-8-17(12-24)23(28)32-18-9-5-4-6-10-18/h4-12,19-22H,13H2,1-3H3/q+1/t19-,20+,21?,22-/m1/s1. The lowest BCUT2D eigenvalue weighted by molar-refractivity contribution is -0.765. The summed E-state index contributed by atoms with van der Waals surface area (Å²) in [7, 11) is 0. The first-order valence-corrected chi connectivity index (χ1v) is 10.2. The molecule has 0 saturated carbocycles. The van der Waals surface area contributed by atoms with Gasteiger partial charge in [0, 0.05) is 26.8 Å². The number of carbonyl (C=O) groups excluding carboxylic acids is 4. The number of aromatic nitrogens is 1. The summed E-state index contributed by atoms with van der Waals surface area (Å²) in [6, 6.07) is 11.7. The van der Waals surface area contributed by atoms with E-state index in [0.717, 1.165) is 0 Å². The van der Waals surface area contributed by atoms with Gasteiger partial charge < -0.3 is 23.7 Å². The van der Waals surface area contributed by atoms with E-state index in [2.05, 4.69) is 0 Å². The molecular formula is C23H24NO9+. The number of nitrogens with zero attached hydrogens (tertiary/aromatic N) is 1. The van der Waals surface area contributed by atoms with E-state index < -0.39 is 48.4 Å². The van der Waals surface area contributed by atoms with Gasteiger partial charge in [0.05, 0.1) is 0 Å². The van der Waals surface area contributed by atoms with Crippen molar-refractivity contribution in [2.45, 2.75) is 45.3 Å². The first kappa shape index (κ1) is 23.9. The highest BCUT2D eigenvalue weighted by atomic mass is 16.7. The van der Waals surface area contributed by atoms with Crippen LogP contribution in [-0.2, 0) is 33.3 Å². The Bertz CT molecular complexity index is 1020. The fourth-order valence-corrected chi connectivity index (χ4v) is 3.36. The van der Waals surface area contributed by atoms with E-state index >= 15 is 0 Å². The van der Waals surface area contributed by atoms with Gasteiger partial charge in [0.25, 0.3) is 0 Å². The van der Waals surface area contributed by atoms with Gasteiger partial charge in [0.1, 0.15) is 24.0 Å². The van der Waals surface area contributed by atoms with E-state index in [1.807, 2.05) is 0 Å². The van der Waals surface area contributed by atoms with Crippen LogP contribution in [-0.4, -0.2) is 48.8 Å². The molecule has 0 amide bonds. The Kier molecular flexibility index (Phi) is 7.73. The van der Waals surface area contributed by atoms with Crippen molar-refractivity contribution in [3.05, 3.63) is 60.4 Å². The topological polar surface area (TPSA) is 118 Å². The normalized spacial score (nSPS) is 21.7. The highest BCUT2D eigenvalue weighted by Crippen LogP contribution is 2.31.